The van der Waals surface area contributed by atoms with Crippen molar-refractivity contribution in [2.45, 2.75) is 0 Å². The van der Waals surface area contributed by atoms with Gasteiger partial charge in [0.25, 0.3) is 0 Å². The number of aldehydes is 2. The van der Waals surface area contributed by atoms with E-state index in [1.54, 1.807) is 30.4 Å². The van der Waals surface area contributed by atoms with Crippen molar-refractivity contribution in [1.82, 2.24) is 4.98 Å². The Morgan fingerprint density at radius 1 is 1.07 bits per heavy atom. The minimum absolute atomic E-state index is 0.406. The molecule has 1 N–H and O–H groups in total. The normalized spacial score (nSPS) is 16.8. The monoisotopic (exact) mass is 200 g/mol. The minimum atomic E-state index is 0.406. The van der Waals surface area contributed by atoms with E-state index in [1.807, 2.05) is 0 Å². The summed E-state index contributed by atoms with van der Waals surface area (Å²) in [6.07, 6.45) is 6.59. The maximum atomic E-state index is 10.4. The van der Waals surface area contributed by atoms with E-state index in [0.29, 0.717) is 23.4 Å². The van der Waals surface area contributed by atoms with Gasteiger partial charge in [0.05, 0.1) is 11.4 Å². The van der Waals surface area contributed by atoms with Gasteiger partial charge in [0, 0.05) is 5.69 Å². The van der Waals surface area contributed by atoms with Gasteiger partial charge >= 0.3 is 0 Å². The maximum absolute atomic E-state index is 10.4. The molecule has 1 aliphatic rings. The van der Waals surface area contributed by atoms with Gasteiger partial charge in [0.1, 0.15) is 5.71 Å². The minimum Gasteiger partial charge on any atom is -0.353 e. The summed E-state index contributed by atoms with van der Waals surface area (Å²) in [5.41, 5.74) is 2.40. The first-order valence-corrected chi connectivity index (χ1v) is 4.39. The number of nitrogens with one attached hydrogen (secondary N) is 1. The van der Waals surface area contributed by atoms with Gasteiger partial charge in [-0.25, -0.2) is 4.99 Å². The molecule has 74 valence electrons. The number of rotatable bonds is 3. The van der Waals surface area contributed by atoms with Crippen LogP contribution in [0.15, 0.2) is 35.0 Å². The van der Waals surface area contributed by atoms with Gasteiger partial charge in [-0.1, -0.05) is 0 Å². The van der Waals surface area contributed by atoms with E-state index in [2.05, 4.69) is 9.98 Å². The summed E-state index contributed by atoms with van der Waals surface area (Å²) in [5.74, 6) is 0. The Morgan fingerprint density at radius 3 is 2.47 bits per heavy atom. The molecule has 0 amide bonds. The van der Waals surface area contributed by atoms with Crippen LogP contribution < -0.4 is 0 Å². The quantitative estimate of drug-likeness (QED) is 0.749. The van der Waals surface area contributed by atoms with E-state index in [9.17, 15) is 9.59 Å². The molecule has 0 aromatic carbocycles. The van der Waals surface area contributed by atoms with Crippen LogP contribution in [-0.2, 0) is 4.79 Å². The van der Waals surface area contributed by atoms with Crippen LogP contribution >= 0.6 is 0 Å². The molecule has 0 atom stereocenters. The van der Waals surface area contributed by atoms with Gasteiger partial charge in [-0.3, -0.25) is 9.59 Å². The Kier molecular flexibility index (Phi) is 2.41. The first kappa shape index (κ1) is 9.33. The second kappa shape index (κ2) is 3.88. The summed E-state index contributed by atoms with van der Waals surface area (Å²) >= 11 is 0. The number of hydrogen-bond donors (Lipinski definition) is 1. The van der Waals surface area contributed by atoms with E-state index in [4.69, 9.17) is 0 Å². The number of carbonyl (C=O) groups excluding carboxylic acids is 2. The topological polar surface area (TPSA) is 62.3 Å². The fourth-order valence-corrected chi connectivity index (χ4v) is 1.28. The average Bonchev–Trinajstić information content (AvgIpc) is 2.87. The van der Waals surface area contributed by atoms with Gasteiger partial charge in [0.15, 0.2) is 12.6 Å². The lowest BCUT2D eigenvalue weighted by Crippen LogP contribution is -1.88. The average molecular weight is 200 g/mol. The predicted molar refractivity (Wildman–Crippen MR) is 56.8 cm³/mol. The number of hydrogen-bond acceptors (Lipinski definition) is 3. The largest absolute Gasteiger partial charge is 0.353 e. The Bertz CT molecular complexity index is 492. The van der Waals surface area contributed by atoms with Crippen LogP contribution in [0.3, 0.4) is 0 Å². The second-order valence-electron chi connectivity index (χ2n) is 3.04. The molecule has 0 spiro atoms. The Hall–Kier alpha value is -2.23. The zero-order valence-electron chi connectivity index (χ0n) is 7.81. The Labute approximate surface area is 86.0 Å². The van der Waals surface area contributed by atoms with Crippen molar-refractivity contribution in [2.24, 2.45) is 4.99 Å². The lowest BCUT2D eigenvalue weighted by Gasteiger charge is -1.88. The van der Waals surface area contributed by atoms with Crippen molar-refractivity contribution in [2.75, 3.05) is 0 Å². The molecule has 4 nitrogen and oxygen atoms in total. The molecule has 0 saturated heterocycles. The third-order valence-electron chi connectivity index (χ3n) is 1.97. The first-order chi connectivity index (χ1) is 7.31. The number of aromatic amines is 1. The molecular formula is C11H8N2O2. The summed E-state index contributed by atoms with van der Waals surface area (Å²) < 4.78 is 0. The third-order valence-corrected chi connectivity index (χ3v) is 1.97. The standard InChI is InChI=1S/C11H8N2O2/c14-6-10-3-1-8(12-10)5-9-2-4-11(7-15)13-9/h1-7,12H/b9-5+. The van der Waals surface area contributed by atoms with Gasteiger partial charge < -0.3 is 4.98 Å². The van der Waals surface area contributed by atoms with Crippen molar-refractivity contribution in [3.8, 4) is 0 Å². The molecule has 0 aliphatic carbocycles. The SMILES string of the molecule is O=CC1=N/C(=C/c2ccc(C=O)[nH]2)C=C1. The molecule has 4 heteroatoms. The summed E-state index contributed by atoms with van der Waals surface area (Å²) in [5, 5.41) is 0. The first-order valence-electron chi connectivity index (χ1n) is 4.39. The van der Waals surface area contributed by atoms with Crippen molar-refractivity contribution in [1.29, 1.82) is 0 Å². The smallest absolute Gasteiger partial charge is 0.168 e. The zero-order valence-corrected chi connectivity index (χ0v) is 7.81. The summed E-state index contributed by atoms with van der Waals surface area (Å²) in [7, 11) is 0. The Morgan fingerprint density at radius 2 is 1.87 bits per heavy atom. The van der Waals surface area contributed by atoms with Crippen molar-refractivity contribution in [3.05, 3.63) is 41.4 Å². The summed E-state index contributed by atoms with van der Waals surface area (Å²) in [4.78, 5) is 27.7. The van der Waals surface area contributed by atoms with Gasteiger partial charge in [-0.2, -0.15) is 0 Å². The van der Waals surface area contributed by atoms with Crippen LogP contribution in [0.4, 0.5) is 0 Å². The highest BCUT2D eigenvalue weighted by atomic mass is 16.1. The number of allylic oxidation sites excluding steroid dienone is 2. The number of aliphatic imine (C=N–C) groups is 1. The molecule has 0 radical (unpaired) electrons. The lowest BCUT2D eigenvalue weighted by atomic mass is 10.3. The van der Waals surface area contributed by atoms with E-state index >= 15 is 0 Å². The van der Waals surface area contributed by atoms with E-state index in [1.165, 1.54) is 0 Å². The number of H-pyrrole nitrogens is 1. The molecule has 0 saturated carbocycles. The maximum Gasteiger partial charge on any atom is 0.168 e. The van der Waals surface area contributed by atoms with Crippen molar-refractivity contribution in [3.63, 3.8) is 0 Å². The fraction of sp³-hybridized carbons (Fsp3) is 0. The van der Waals surface area contributed by atoms with Gasteiger partial charge in [0.2, 0.25) is 0 Å². The molecule has 15 heavy (non-hydrogen) atoms. The molecule has 0 unspecified atom stereocenters. The molecule has 0 fully saturated rings. The van der Waals surface area contributed by atoms with Crippen LogP contribution in [0.5, 0.6) is 0 Å². The van der Waals surface area contributed by atoms with E-state index in [-0.39, 0.29) is 0 Å². The molecule has 1 aromatic heterocycles. The second-order valence-corrected chi connectivity index (χ2v) is 3.04. The van der Waals surface area contributed by atoms with Crippen LogP contribution in [0.2, 0.25) is 0 Å². The summed E-state index contributed by atoms with van der Waals surface area (Å²) in [6.45, 7) is 0. The van der Waals surface area contributed by atoms with Crippen LogP contribution in [-0.4, -0.2) is 23.3 Å². The highest BCUT2D eigenvalue weighted by Gasteiger charge is 2.03. The number of carbonyl (C=O) groups is 2. The molecule has 1 aliphatic heterocycles. The van der Waals surface area contributed by atoms with Crippen molar-refractivity contribution < 1.29 is 9.59 Å². The molecule has 2 heterocycles. The van der Waals surface area contributed by atoms with Crippen LogP contribution in [0.25, 0.3) is 6.08 Å². The number of nitrogens with zero attached hydrogens (tertiary/aromatic N) is 1. The molecular weight excluding hydrogens is 192 g/mol. The molecule has 1 aromatic rings. The van der Waals surface area contributed by atoms with Crippen LogP contribution in [0, 0.1) is 0 Å². The lowest BCUT2D eigenvalue weighted by molar-refractivity contribution is -0.102. The molecule has 0 bridgehead atoms. The van der Waals surface area contributed by atoms with E-state index in [0.717, 1.165) is 12.0 Å². The number of aromatic nitrogens is 1. The highest BCUT2D eigenvalue weighted by Crippen LogP contribution is 2.12. The van der Waals surface area contributed by atoms with Gasteiger partial charge in [-0.15, -0.1) is 0 Å². The Balaban J connectivity index is 2.25. The zero-order chi connectivity index (χ0) is 10.7. The highest BCUT2D eigenvalue weighted by molar-refractivity contribution is 6.35. The van der Waals surface area contributed by atoms with Gasteiger partial charge in [-0.05, 0) is 30.4 Å². The van der Waals surface area contributed by atoms with Crippen LogP contribution in [0.1, 0.15) is 16.2 Å². The van der Waals surface area contributed by atoms with Crippen molar-refractivity contribution >= 4 is 24.4 Å². The molecule has 2 rings (SSSR count). The third kappa shape index (κ3) is 1.99. The predicted octanol–water partition coefficient (Wildman–Crippen LogP) is 1.38. The van der Waals surface area contributed by atoms with E-state index < -0.39 is 0 Å². The summed E-state index contributed by atoms with van der Waals surface area (Å²) in [6, 6.07) is 3.46. The fourth-order valence-electron chi connectivity index (χ4n) is 1.28.